The maximum Gasteiger partial charge on any atom is 0.306 e. The van der Waals surface area contributed by atoms with Gasteiger partial charge in [0.25, 0.3) is 0 Å². The van der Waals surface area contributed by atoms with Crippen LogP contribution in [0.5, 0.6) is 0 Å². The van der Waals surface area contributed by atoms with E-state index in [1.54, 1.807) is 7.05 Å². The van der Waals surface area contributed by atoms with Crippen molar-refractivity contribution >= 4 is 11.9 Å². The number of rotatable bonds is 17. The van der Waals surface area contributed by atoms with Crippen LogP contribution in [0.1, 0.15) is 58.3 Å². The van der Waals surface area contributed by atoms with Crippen molar-refractivity contribution in [3.8, 4) is 0 Å². The summed E-state index contributed by atoms with van der Waals surface area (Å²) in [5.74, 6) is -0.259. The van der Waals surface area contributed by atoms with Gasteiger partial charge >= 0.3 is 5.97 Å². The molecule has 0 amide bonds. The molecule has 31 heavy (non-hydrogen) atoms. The Morgan fingerprint density at radius 1 is 0.806 bits per heavy atom. The van der Waals surface area contributed by atoms with Crippen LogP contribution in [0.25, 0.3) is 0 Å². The maximum absolute atomic E-state index is 11.6. The molecule has 0 aliphatic rings. The lowest BCUT2D eigenvalue weighted by molar-refractivity contribution is -0.143. The van der Waals surface area contributed by atoms with Crippen molar-refractivity contribution in [3.05, 3.63) is 72.9 Å². The summed E-state index contributed by atoms with van der Waals surface area (Å²) in [5.41, 5.74) is 5.31. The number of guanidine groups is 1. The van der Waals surface area contributed by atoms with E-state index in [1.807, 2.05) is 6.08 Å². The first-order valence-electron chi connectivity index (χ1n) is 11.2. The SMILES string of the molecule is CCC=CCC=CCC=CCC=CCC=CCC=CCCC(=O)OCCN(C)C(=N)N. The van der Waals surface area contributed by atoms with Gasteiger partial charge in [-0.1, -0.05) is 79.8 Å². The summed E-state index contributed by atoms with van der Waals surface area (Å²) in [4.78, 5) is 13.1. The van der Waals surface area contributed by atoms with E-state index in [0.717, 1.165) is 38.5 Å². The number of likely N-dealkylation sites (N-methyl/N-ethyl adjacent to an activating group) is 1. The molecular weight excluding hydrogens is 386 g/mol. The number of hydrogen-bond donors (Lipinski definition) is 2. The molecular formula is C26H41N3O2. The number of carbonyl (C=O) groups excluding carboxylic acids is 1. The number of hydrogen-bond acceptors (Lipinski definition) is 3. The number of nitrogens with one attached hydrogen (secondary N) is 1. The molecule has 0 spiro atoms. The average molecular weight is 428 g/mol. The molecule has 0 saturated carbocycles. The van der Waals surface area contributed by atoms with Crippen LogP contribution in [-0.4, -0.2) is 37.0 Å². The average Bonchev–Trinajstić information content (AvgIpc) is 2.75. The van der Waals surface area contributed by atoms with Crippen LogP contribution < -0.4 is 5.73 Å². The molecule has 172 valence electrons. The summed E-state index contributed by atoms with van der Waals surface area (Å²) >= 11 is 0. The first-order valence-corrected chi connectivity index (χ1v) is 11.2. The van der Waals surface area contributed by atoms with Crippen molar-refractivity contribution in [3.63, 3.8) is 0 Å². The first kappa shape index (κ1) is 28.2. The van der Waals surface area contributed by atoms with Gasteiger partial charge < -0.3 is 15.4 Å². The quantitative estimate of drug-likeness (QED) is 0.132. The zero-order chi connectivity index (χ0) is 23.0. The molecule has 5 heteroatoms. The molecule has 0 aliphatic carbocycles. The molecule has 0 unspecified atom stereocenters. The molecule has 0 aliphatic heterocycles. The van der Waals surface area contributed by atoms with E-state index in [4.69, 9.17) is 15.9 Å². The third kappa shape index (κ3) is 21.7. The largest absolute Gasteiger partial charge is 0.464 e. The number of nitrogens with zero attached hydrogens (tertiary/aromatic N) is 1. The molecule has 0 aromatic carbocycles. The fourth-order valence-electron chi connectivity index (χ4n) is 2.33. The lowest BCUT2D eigenvalue weighted by atomic mass is 10.2. The van der Waals surface area contributed by atoms with E-state index in [-0.39, 0.29) is 18.5 Å². The zero-order valence-electron chi connectivity index (χ0n) is 19.3. The lowest BCUT2D eigenvalue weighted by Gasteiger charge is -2.15. The predicted molar refractivity (Wildman–Crippen MR) is 133 cm³/mol. The van der Waals surface area contributed by atoms with Gasteiger partial charge in [0, 0.05) is 13.5 Å². The number of allylic oxidation sites excluding steroid dienone is 12. The van der Waals surface area contributed by atoms with Crippen molar-refractivity contribution in [1.29, 1.82) is 5.41 Å². The fraction of sp³-hybridized carbons (Fsp3) is 0.462. The Morgan fingerprint density at radius 3 is 1.65 bits per heavy atom. The second-order valence-electron chi connectivity index (χ2n) is 6.98. The lowest BCUT2D eigenvalue weighted by Crippen LogP contribution is -2.35. The van der Waals surface area contributed by atoms with Crippen LogP contribution in [-0.2, 0) is 9.53 Å². The van der Waals surface area contributed by atoms with Gasteiger partial charge in [0.05, 0.1) is 6.54 Å². The molecule has 0 aromatic rings. The second kappa shape index (κ2) is 21.9. The summed E-state index contributed by atoms with van der Waals surface area (Å²) in [6, 6.07) is 0. The summed E-state index contributed by atoms with van der Waals surface area (Å²) in [6.45, 7) is 2.83. The van der Waals surface area contributed by atoms with Crippen LogP contribution in [0, 0.1) is 5.41 Å². The normalized spacial score (nSPS) is 12.5. The van der Waals surface area contributed by atoms with Gasteiger partial charge in [0.1, 0.15) is 6.61 Å². The van der Waals surface area contributed by atoms with Gasteiger partial charge in [-0.3, -0.25) is 10.2 Å². The summed E-state index contributed by atoms with van der Waals surface area (Å²) < 4.78 is 5.10. The third-order valence-electron chi connectivity index (χ3n) is 4.21. The molecule has 0 bridgehead atoms. The van der Waals surface area contributed by atoms with E-state index in [9.17, 15) is 4.79 Å². The van der Waals surface area contributed by atoms with E-state index in [2.05, 4.69) is 73.8 Å². The third-order valence-corrected chi connectivity index (χ3v) is 4.21. The van der Waals surface area contributed by atoms with E-state index < -0.39 is 0 Å². The standard InChI is InChI=1S/C26H41N3O2/c1-3-4-5-6-7-8-9-10-11-12-13-14-15-16-17-18-19-20-21-22-25(30)31-24-23-29(2)26(27)28/h4-5,7-8,10-11,13-14,16-17,19-20H,3,6,9,12,15,18,21-24H2,1-2H3,(H3,27,28). The number of ether oxygens (including phenoxy) is 1. The van der Waals surface area contributed by atoms with Gasteiger partial charge in [-0.05, 0) is 44.9 Å². The van der Waals surface area contributed by atoms with Crippen molar-refractivity contribution in [1.82, 2.24) is 4.90 Å². The molecule has 0 fully saturated rings. The highest BCUT2D eigenvalue weighted by molar-refractivity contribution is 5.74. The van der Waals surface area contributed by atoms with Crippen LogP contribution >= 0.6 is 0 Å². The van der Waals surface area contributed by atoms with Crippen LogP contribution in [0.3, 0.4) is 0 Å². The Hall–Kier alpha value is -2.82. The van der Waals surface area contributed by atoms with Gasteiger partial charge in [0.15, 0.2) is 5.96 Å². The predicted octanol–water partition coefficient (Wildman–Crippen LogP) is 5.83. The van der Waals surface area contributed by atoms with Gasteiger partial charge in [-0.25, -0.2) is 0 Å². The van der Waals surface area contributed by atoms with Crippen LogP contribution in [0.15, 0.2) is 72.9 Å². The first-order chi connectivity index (χ1) is 15.1. The molecule has 0 radical (unpaired) electrons. The minimum absolute atomic E-state index is 0.0333. The number of carbonyl (C=O) groups is 1. The van der Waals surface area contributed by atoms with Gasteiger partial charge in [-0.15, -0.1) is 0 Å². The fourth-order valence-corrected chi connectivity index (χ4v) is 2.33. The monoisotopic (exact) mass is 427 g/mol. The topological polar surface area (TPSA) is 79.4 Å². The Kier molecular flexibility index (Phi) is 19.9. The highest BCUT2D eigenvalue weighted by Crippen LogP contribution is 1.99. The van der Waals surface area contributed by atoms with E-state index >= 15 is 0 Å². The highest BCUT2D eigenvalue weighted by Gasteiger charge is 2.03. The van der Waals surface area contributed by atoms with Gasteiger partial charge in [-0.2, -0.15) is 0 Å². The van der Waals surface area contributed by atoms with Crippen molar-refractivity contribution in [2.24, 2.45) is 5.73 Å². The number of esters is 1. The Balaban J connectivity index is 3.61. The Labute approximate surface area is 189 Å². The maximum atomic E-state index is 11.6. The molecule has 0 atom stereocenters. The van der Waals surface area contributed by atoms with E-state index in [0.29, 0.717) is 19.4 Å². The molecule has 0 aromatic heterocycles. The van der Waals surface area contributed by atoms with Crippen LogP contribution in [0.2, 0.25) is 0 Å². The Morgan fingerprint density at radius 2 is 1.23 bits per heavy atom. The highest BCUT2D eigenvalue weighted by atomic mass is 16.5. The second-order valence-corrected chi connectivity index (χ2v) is 6.98. The molecule has 0 heterocycles. The molecule has 0 rings (SSSR count). The van der Waals surface area contributed by atoms with Crippen molar-refractivity contribution in [2.45, 2.75) is 58.3 Å². The molecule has 5 nitrogen and oxygen atoms in total. The van der Waals surface area contributed by atoms with E-state index in [1.165, 1.54) is 4.90 Å². The zero-order valence-corrected chi connectivity index (χ0v) is 19.3. The Bertz CT molecular complexity index is 643. The summed E-state index contributed by atoms with van der Waals surface area (Å²) in [5, 5.41) is 7.22. The summed E-state index contributed by atoms with van der Waals surface area (Å²) in [6.07, 6.45) is 32.8. The minimum atomic E-state index is -0.225. The van der Waals surface area contributed by atoms with Crippen LogP contribution in [0.4, 0.5) is 0 Å². The van der Waals surface area contributed by atoms with Crippen molar-refractivity contribution < 1.29 is 9.53 Å². The smallest absolute Gasteiger partial charge is 0.306 e. The molecule has 3 N–H and O–H groups in total. The minimum Gasteiger partial charge on any atom is -0.464 e. The summed E-state index contributed by atoms with van der Waals surface area (Å²) in [7, 11) is 1.69. The molecule has 0 saturated heterocycles. The van der Waals surface area contributed by atoms with Gasteiger partial charge in [0.2, 0.25) is 0 Å². The number of nitrogens with two attached hydrogens (primary N) is 1. The van der Waals surface area contributed by atoms with Crippen molar-refractivity contribution in [2.75, 3.05) is 20.2 Å².